The Labute approximate surface area is 129 Å². The van der Waals surface area contributed by atoms with Gasteiger partial charge in [-0.3, -0.25) is 4.57 Å². The molecule has 0 saturated heterocycles. The minimum atomic E-state index is -0.234. The lowest BCUT2D eigenvalue weighted by molar-refractivity contribution is 0.617. The van der Waals surface area contributed by atoms with Crippen molar-refractivity contribution in [2.24, 2.45) is 0 Å². The maximum absolute atomic E-state index is 13.8. The number of imidazole rings is 1. The van der Waals surface area contributed by atoms with Crippen molar-refractivity contribution in [3.63, 3.8) is 0 Å². The van der Waals surface area contributed by atoms with Crippen molar-refractivity contribution in [2.45, 2.75) is 12.8 Å². The number of nitrogens with zero attached hydrogens (tertiary/aromatic N) is 2. The van der Waals surface area contributed by atoms with E-state index in [-0.39, 0.29) is 11.7 Å². The quantitative estimate of drug-likeness (QED) is 0.594. The van der Waals surface area contributed by atoms with Crippen LogP contribution in [0.5, 0.6) is 0 Å². The summed E-state index contributed by atoms with van der Waals surface area (Å²) in [6.07, 6.45) is 0. The molecule has 102 valence electrons. The highest BCUT2D eigenvalue weighted by Crippen LogP contribution is 2.26. The second-order valence-electron chi connectivity index (χ2n) is 4.56. The van der Waals surface area contributed by atoms with Gasteiger partial charge in [-0.25, -0.2) is 9.37 Å². The molecule has 3 rings (SSSR count). The van der Waals surface area contributed by atoms with Gasteiger partial charge in [0.2, 0.25) is 0 Å². The van der Waals surface area contributed by atoms with E-state index in [1.165, 1.54) is 6.07 Å². The Morgan fingerprint density at radius 3 is 2.75 bits per heavy atom. The summed E-state index contributed by atoms with van der Waals surface area (Å²) in [5.74, 6) is 0.729. The summed E-state index contributed by atoms with van der Waals surface area (Å²) in [5, 5.41) is 0. The lowest BCUT2D eigenvalue weighted by atomic mass is 10.2. The van der Waals surface area contributed by atoms with Crippen LogP contribution in [0, 0.1) is 12.7 Å². The molecule has 0 amide bonds. The fourth-order valence-corrected chi connectivity index (χ4v) is 2.73. The molecule has 1 aromatic heterocycles. The molecule has 2 aromatic carbocycles. The number of hydrogen-bond donors (Lipinski definition) is 0. The zero-order chi connectivity index (χ0) is 14.3. The molecule has 0 saturated carbocycles. The average Bonchev–Trinajstić information content (AvgIpc) is 2.79. The molecule has 0 fully saturated rings. The predicted octanol–water partition coefficient (Wildman–Crippen LogP) is 4.97. The lowest BCUT2D eigenvalue weighted by Crippen LogP contribution is -2.00. The second-order valence-corrected chi connectivity index (χ2v) is 5.75. The van der Waals surface area contributed by atoms with Gasteiger partial charge in [0.15, 0.2) is 0 Å². The topological polar surface area (TPSA) is 17.8 Å². The van der Waals surface area contributed by atoms with Crippen molar-refractivity contribution in [1.82, 2.24) is 9.55 Å². The summed E-state index contributed by atoms with van der Waals surface area (Å²) in [4.78, 5) is 4.50. The largest absolute Gasteiger partial charge is 0.295 e. The molecule has 20 heavy (non-hydrogen) atoms. The highest BCUT2D eigenvalue weighted by molar-refractivity contribution is 9.10. The first kappa shape index (κ1) is 13.6. The van der Waals surface area contributed by atoms with Gasteiger partial charge < -0.3 is 0 Å². The minimum absolute atomic E-state index is 0.234. The predicted molar refractivity (Wildman–Crippen MR) is 83.0 cm³/mol. The van der Waals surface area contributed by atoms with Crippen molar-refractivity contribution >= 4 is 38.6 Å². The standard InChI is InChI=1S/C15H11BrClFN2/c1-9-2-4-11(7-12(9)18)20-14-5-3-10(16)6-13(14)19-15(20)8-17/h2-7H,8H2,1H3. The average molecular weight is 354 g/mol. The zero-order valence-corrected chi connectivity index (χ0v) is 13.0. The summed E-state index contributed by atoms with van der Waals surface area (Å²) in [6.45, 7) is 1.74. The Morgan fingerprint density at radius 1 is 1.25 bits per heavy atom. The fraction of sp³-hybridized carbons (Fsp3) is 0.133. The molecular formula is C15H11BrClFN2. The number of alkyl halides is 1. The highest BCUT2D eigenvalue weighted by Gasteiger charge is 2.13. The molecule has 3 aromatic rings. The van der Waals surface area contributed by atoms with E-state index in [1.807, 2.05) is 28.8 Å². The molecule has 0 N–H and O–H groups in total. The van der Waals surface area contributed by atoms with Crippen LogP contribution in [-0.2, 0) is 5.88 Å². The Bertz CT molecular complexity index is 798. The molecule has 5 heteroatoms. The summed E-state index contributed by atoms with van der Waals surface area (Å²) in [6, 6.07) is 10.9. The number of hydrogen-bond acceptors (Lipinski definition) is 1. The first-order valence-corrected chi connectivity index (χ1v) is 7.42. The third-order valence-corrected chi connectivity index (χ3v) is 3.95. The van der Waals surface area contributed by atoms with E-state index in [0.29, 0.717) is 11.4 Å². The third kappa shape index (κ3) is 2.23. The highest BCUT2D eigenvalue weighted by atomic mass is 79.9. The molecule has 0 unspecified atom stereocenters. The van der Waals surface area contributed by atoms with E-state index in [2.05, 4.69) is 20.9 Å². The van der Waals surface area contributed by atoms with E-state index in [0.717, 1.165) is 21.2 Å². The van der Waals surface area contributed by atoms with E-state index in [4.69, 9.17) is 11.6 Å². The Kier molecular flexibility index (Phi) is 3.52. The molecule has 2 nitrogen and oxygen atoms in total. The molecule has 1 heterocycles. The van der Waals surface area contributed by atoms with Gasteiger partial charge in [0.1, 0.15) is 11.6 Å². The molecular weight excluding hydrogens is 343 g/mol. The Morgan fingerprint density at radius 2 is 2.05 bits per heavy atom. The SMILES string of the molecule is Cc1ccc(-n2c(CCl)nc3cc(Br)ccc32)cc1F. The minimum Gasteiger partial charge on any atom is -0.295 e. The van der Waals surface area contributed by atoms with Gasteiger partial charge in [-0.05, 0) is 42.8 Å². The number of rotatable bonds is 2. The van der Waals surface area contributed by atoms with Gasteiger partial charge in [-0.2, -0.15) is 0 Å². The lowest BCUT2D eigenvalue weighted by Gasteiger charge is -2.09. The van der Waals surface area contributed by atoms with Crippen LogP contribution in [0.1, 0.15) is 11.4 Å². The van der Waals surface area contributed by atoms with Crippen LogP contribution in [0.2, 0.25) is 0 Å². The Balaban J connectivity index is 2.30. The van der Waals surface area contributed by atoms with E-state index < -0.39 is 0 Å². The smallest absolute Gasteiger partial charge is 0.129 e. The molecule has 0 atom stereocenters. The van der Waals surface area contributed by atoms with Crippen LogP contribution in [0.3, 0.4) is 0 Å². The Hall–Kier alpha value is -1.39. The second kappa shape index (κ2) is 5.19. The number of aromatic nitrogens is 2. The van der Waals surface area contributed by atoms with Gasteiger partial charge >= 0.3 is 0 Å². The first-order valence-electron chi connectivity index (χ1n) is 6.09. The number of benzene rings is 2. The summed E-state index contributed by atoms with van der Waals surface area (Å²) < 4.78 is 16.6. The molecule has 0 spiro atoms. The van der Waals surface area contributed by atoms with Crippen molar-refractivity contribution in [3.8, 4) is 5.69 Å². The zero-order valence-electron chi connectivity index (χ0n) is 10.7. The molecule has 0 aliphatic carbocycles. The van der Waals surface area contributed by atoms with E-state index in [9.17, 15) is 4.39 Å². The molecule has 0 radical (unpaired) electrons. The van der Waals surface area contributed by atoms with Crippen LogP contribution in [-0.4, -0.2) is 9.55 Å². The monoisotopic (exact) mass is 352 g/mol. The van der Waals surface area contributed by atoms with Gasteiger partial charge in [0, 0.05) is 4.47 Å². The van der Waals surface area contributed by atoms with Crippen LogP contribution in [0.4, 0.5) is 4.39 Å². The molecule has 0 bridgehead atoms. The first-order chi connectivity index (χ1) is 9.60. The van der Waals surface area contributed by atoms with E-state index in [1.54, 1.807) is 13.0 Å². The summed E-state index contributed by atoms with van der Waals surface area (Å²) >= 11 is 9.40. The molecule has 0 aliphatic heterocycles. The van der Waals surface area contributed by atoms with Gasteiger partial charge in [-0.1, -0.05) is 22.0 Å². The van der Waals surface area contributed by atoms with Crippen molar-refractivity contribution in [3.05, 3.63) is 58.1 Å². The van der Waals surface area contributed by atoms with Crippen molar-refractivity contribution in [1.29, 1.82) is 0 Å². The van der Waals surface area contributed by atoms with Crippen molar-refractivity contribution in [2.75, 3.05) is 0 Å². The maximum atomic E-state index is 13.8. The van der Waals surface area contributed by atoms with Crippen molar-refractivity contribution < 1.29 is 4.39 Å². The number of fused-ring (bicyclic) bond motifs is 1. The molecule has 0 aliphatic rings. The van der Waals surface area contributed by atoms with Crippen LogP contribution in [0.15, 0.2) is 40.9 Å². The van der Waals surface area contributed by atoms with Crippen LogP contribution < -0.4 is 0 Å². The number of aryl methyl sites for hydroxylation is 1. The van der Waals surface area contributed by atoms with Gasteiger partial charge in [-0.15, -0.1) is 11.6 Å². The summed E-state index contributed by atoms with van der Waals surface area (Å²) in [7, 11) is 0. The van der Waals surface area contributed by atoms with Gasteiger partial charge in [0.25, 0.3) is 0 Å². The van der Waals surface area contributed by atoms with Gasteiger partial charge in [0.05, 0.1) is 22.6 Å². The van der Waals surface area contributed by atoms with E-state index >= 15 is 0 Å². The maximum Gasteiger partial charge on any atom is 0.129 e. The normalized spacial score (nSPS) is 11.2. The summed E-state index contributed by atoms with van der Waals surface area (Å²) in [5.41, 5.74) is 3.09. The van der Waals surface area contributed by atoms with Crippen LogP contribution >= 0.6 is 27.5 Å². The third-order valence-electron chi connectivity index (χ3n) is 3.22. The fourth-order valence-electron chi connectivity index (χ4n) is 2.20. The number of halogens is 3. The van der Waals surface area contributed by atoms with Crippen LogP contribution in [0.25, 0.3) is 16.7 Å².